The molecule has 0 bridgehead atoms. The highest BCUT2D eigenvalue weighted by Crippen LogP contribution is 2.74. The molecular weight excluding hydrogens is 608 g/mol. The quantitative estimate of drug-likeness (QED) is 0.236. The minimum absolute atomic E-state index is 0.000146. The molecule has 11 nitrogen and oxygen atoms in total. The van der Waals surface area contributed by atoms with E-state index < -0.39 is 88.8 Å². The first-order valence-electron chi connectivity index (χ1n) is 17.2. The van der Waals surface area contributed by atoms with Crippen LogP contribution in [-0.4, -0.2) is 103 Å². The molecule has 3 saturated carbocycles. The van der Waals surface area contributed by atoms with Crippen molar-refractivity contribution < 1.29 is 54.4 Å². The molecule has 4 aliphatic carbocycles. The van der Waals surface area contributed by atoms with Crippen LogP contribution >= 0.6 is 0 Å². The number of aliphatic hydroxyl groups excluding tert-OH is 6. The van der Waals surface area contributed by atoms with Gasteiger partial charge in [-0.2, -0.15) is 0 Å². The third kappa shape index (κ3) is 4.60. The molecule has 47 heavy (non-hydrogen) atoms. The molecule has 2 heterocycles. The Labute approximate surface area is 277 Å². The van der Waals surface area contributed by atoms with E-state index in [1.165, 1.54) is 0 Å². The summed E-state index contributed by atoms with van der Waals surface area (Å²) in [4.78, 5) is 28.4. The van der Waals surface area contributed by atoms with Gasteiger partial charge in [0.15, 0.2) is 11.9 Å². The maximum Gasteiger partial charge on any atom is 0.202 e. The summed E-state index contributed by atoms with van der Waals surface area (Å²) in [7, 11) is 0. The molecule has 1 saturated heterocycles. The molecule has 6 rings (SSSR count). The second kappa shape index (κ2) is 11.2. The van der Waals surface area contributed by atoms with Crippen LogP contribution in [0.2, 0.25) is 0 Å². The SMILES string of the molecule is CC(C)C1=CC(=O)[C@@](C)([C@@H]2[C@@H](O)C[C@]3(C)[C@H]4CC=C5[C@H](C[C@@H](O[C@H]6O[C@@H](CO)[C@H](O)[C@@H](O)[C@@H]6O)[C@H](O)C5(C)C)[C@@]4(C)C(=O)C[C@@]23C)O1. The molecule has 264 valence electrons. The standard InChI is InChI=1S/C36H54O11/c1-16(2)20-12-24(39)36(8,47-20)29-19(38)13-33(5)23-10-9-17-18(35(23,7)25(40)14-34(29,33)6)11-21(30(44)32(17,3)4)45-31-28(43)27(42)26(41)22(15-37)46-31/h9,12,16,18-19,21-23,26-31,37-38,41-44H,10-11,13-15H2,1-8H3/t18-,19-,21+,22-,23+,26-,27+,28-,29+,30-,31-,33+,34-,35+,36-/m0/s1. The first kappa shape index (κ1) is 35.1. The van der Waals surface area contributed by atoms with Crippen molar-refractivity contribution in [3.8, 4) is 0 Å². The molecular formula is C36H54O11. The summed E-state index contributed by atoms with van der Waals surface area (Å²) in [6.45, 7) is 15.1. The van der Waals surface area contributed by atoms with Gasteiger partial charge in [-0.15, -0.1) is 0 Å². The molecule has 0 aromatic carbocycles. The summed E-state index contributed by atoms with van der Waals surface area (Å²) in [5, 5.41) is 64.5. The van der Waals surface area contributed by atoms with Crippen molar-refractivity contribution in [1.29, 1.82) is 0 Å². The summed E-state index contributed by atoms with van der Waals surface area (Å²) in [6, 6.07) is 0. The lowest BCUT2D eigenvalue weighted by atomic mass is 9.38. The molecule has 0 spiro atoms. The van der Waals surface area contributed by atoms with Crippen molar-refractivity contribution in [1.82, 2.24) is 0 Å². The van der Waals surface area contributed by atoms with Crippen molar-refractivity contribution in [2.24, 2.45) is 45.3 Å². The number of rotatable bonds is 5. The Balaban J connectivity index is 1.35. The number of allylic oxidation sites excluding steroid dienone is 2. The van der Waals surface area contributed by atoms with Crippen LogP contribution in [0.1, 0.15) is 81.1 Å². The highest BCUT2D eigenvalue weighted by Gasteiger charge is 2.75. The number of carbonyl (C=O) groups is 2. The van der Waals surface area contributed by atoms with E-state index in [-0.39, 0.29) is 42.2 Å². The van der Waals surface area contributed by atoms with Crippen molar-refractivity contribution >= 4 is 11.6 Å². The van der Waals surface area contributed by atoms with E-state index in [9.17, 15) is 40.2 Å². The van der Waals surface area contributed by atoms with Crippen LogP contribution in [0, 0.1) is 45.3 Å². The maximum atomic E-state index is 14.8. The molecule has 0 radical (unpaired) electrons. The van der Waals surface area contributed by atoms with Gasteiger partial charge >= 0.3 is 0 Å². The van der Waals surface area contributed by atoms with Crippen molar-refractivity contribution in [3.63, 3.8) is 0 Å². The van der Waals surface area contributed by atoms with Gasteiger partial charge in [-0.1, -0.05) is 60.1 Å². The molecule has 2 aliphatic heterocycles. The molecule has 4 fully saturated rings. The minimum atomic E-state index is -1.63. The Morgan fingerprint density at radius 3 is 2.21 bits per heavy atom. The van der Waals surface area contributed by atoms with E-state index in [2.05, 4.69) is 13.0 Å². The molecule has 11 heteroatoms. The van der Waals surface area contributed by atoms with Gasteiger partial charge in [0, 0.05) is 35.2 Å². The van der Waals surface area contributed by atoms with Crippen LogP contribution in [0.4, 0.5) is 0 Å². The Morgan fingerprint density at radius 1 is 0.957 bits per heavy atom. The van der Waals surface area contributed by atoms with Crippen molar-refractivity contribution in [3.05, 3.63) is 23.5 Å². The van der Waals surface area contributed by atoms with E-state index in [0.717, 1.165) is 5.57 Å². The second-order valence-corrected chi connectivity index (χ2v) is 17.0. The number of ketones is 2. The Kier molecular flexibility index (Phi) is 8.34. The summed E-state index contributed by atoms with van der Waals surface area (Å²) in [6.07, 6.45) is -5.20. The van der Waals surface area contributed by atoms with Crippen molar-refractivity contribution in [2.45, 2.75) is 136 Å². The number of ether oxygens (including phenoxy) is 3. The van der Waals surface area contributed by atoms with E-state index in [0.29, 0.717) is 18.6 Å². The van der Waals surface area contributed by atoms with Crippen LogP contribution in [0.25, 0.3) is 0 Å². The lowest BCUT2D eigenvalue weighted by Gasteiger charge is -2.65. The first-order chi connectivity index (χ1) is 21.7. The lowest BCUT2D eigenvalue weighted by Crippen LogP contribution is -2.66. The normalized spacial score (nSPS) is 52.4. The zero-order valence-electron chi connectivity index (χ0n) is 28.8. The Hall–Kier alpha value is -1.70. The fourth-order valence-electron chi connectivity index (χ4n) is 11.1. The number of carbonyl (C=O) groups excluding carboxylic acids is 2. The Morgan fingerprint density at radius 2 is 1.62 bits per heavy atom. The van der Waals surface area contributed by atoms with E-state index >= 15 is 0 Å². The highest BCUT2D eigenvalue weighted by molar-refractivity contribution is 6.00. The number of hydrogen-bond donors (Lipinski definition) is 6. The third-order valence-electron chi connectivity index (χ3n) is 14.0. The second-order valence-electron chi connectivity index (χ2n) is 17.0. The van der Waals surface area contributed by atoms with Gasteiger partial charge in [0.05, 0.1) is 24.9 Å². The number of aliphatic hydroxyl groups is 6. The molecule has 6 N–H and O–H groups in total. The molecule has 0 unspecified atom stereocenters. The lowest BCUT2D eigenvalue weighted by molar-refractivity contribution is -0.323. The summed E-state index contributed by atoms with van der Waals surface area (Å²) >= 11 is 0. The maximum absolute atomic E-state index is 14.8. The number of Topliss-reactive ketones (excluding diaryl/α,β-unsaturated/α-hetero) is 1. The van der Waals surface area contributed by atoms with Gasteiger partial charge in [-0.05, 0) is 48.9 Å². The zero-order valence-corrected chi connectivity index (χ0v) is 28.8. The Bertz CT molecular complexity index is 1370. The smallest absolute Gasteiger partial charge is 0.202 e. The molecule has 0 aromatic rings. The van der Waals surface area contributed by atoms with Gasteiger partial charge in [0.2, 0.25) is 5.78 Å². The minimum Gasteiger partial charge on any atom is -0.483 e. The van der Waals surface area contributed by atoms with Crippen LogP contribution in [0.5, 0.6) is 0 Å². The predicted molar refractivity (Wildman–Crippen MR) is 168 cm³/mol. The average molecular weight is 663 g/mol. The van der Waals surface area contributed by atoms with Crippen LogP contribution < -0.4 is 0 Å². The fraction of sp³-hybridized carbons (Fsp3) is 0.833. The van der Waals surface area contributed by atoms with Crippen LogP contribution in [0.3, 0.4) is 0 Å². The van der Waals surface area contributed by atoms with Gasteiger partial charge in [0.1, 0.15) is 36.0 Å². The van der Waals surface area contributed by atoms with Gasteiger partial charge in [-0.3, -0.25) is 9.59 Å². The topological polar surface area (TPSA) is 183 Å². The summed E-state index contributed by atoms with van der Waals surface area (Å²) in [5.41, 5.74) is -3.37. The molecule has 6 aliphatic rings. The van der Waals surface area contributed by atoms with Gasteiger partial charge in [0.25, 0.3) is 0 Å². The van der Waals surface area contributed by atoms with E-state index in [4.69, 9.17) is 14.2 Å². The third-order valence-corrected chi connectivity index (χ3v) is 14.0. The summed E-state index contributed by atoms with van der Waals surface area (Å²) < 4.78 is 18.2. The zero-order chi connectivity index (χ0) is 34.8. The predicted octanol–water partition coefficient (Wildman–Crippen LogP) is 1.80. The number of fused-ring (bicyclic) bond motifs is 5. The largest absolute Gasteiger partial charge is 0.483 e. The van der Waals surface area contributed by atoms with Crippen LogP contribution in [0.15, 0.2) is 23.5 Å². The van der Waals surface area contributed by atoms with Crippen LogP contribution in [-0.2, 0) is 23.8 Å². The molecule has 0 amide bonds. The average Bonchev–Trinajstić information content (AvgIpc) is 3.40. The van der Waals surface area contributed by atoms with Gasteiger partial charge < -0.3 is 44.8 Å². The monoisotopic (exact) mass is 662 g/mol. The van der Waals surface area contributed by atoms with E-state index in [1.54, 1.807) is 13.0 Å². The first-order valence-corrected chi connectivity index (χ1v) is 17.2. The molecule has 0 aromatic heterocycles. The van der Waals surface area contributed by atoms with Gasteiger partial charge in [-0.25, -0.2) is 0 Å². The fourth-order valence-corrected chi connectivity index (χ4v) is 11.1. The highest BCUT2D eigenvalue weighted by atomic mass is 16.7. The summed E-state index contributed by atoms with van der Waals surface area (Å²) in [5.74, 6) is -0.723. The molecule has 15 atom stereocenters. The van der Waals surface area contributed by atoms with Crippen molar-refractivity contribution in [2.75, 3.05) is 6.61 Å². The van der Waals surface area contributed by atoms with E-state index in [1.807, 2.05) is 41.5 Å². The number of hydrogen-bond acceptors (Lipinski definition) is 11.